The summed E-state index contributed by atoms with van der Waals surface area (Å²) in [5.41, 5.74) is -0.554. The second-order valence-corrected chi connectivity index (χ2v) is 11.6. The maximum atomic E-state index is 14.1. The highest BCUT2D eigenvalue weighted by Gasteiger charge is 2.38. The molecule has 0 aliphatic rings. The molecular formula is C33H39N3O7. The molecule has 3 amide bonds. The number of hydrogen-bond donors (Lipinski definition) is 3. The molecule has 3 unspecified atom stereocenters. The van der Waals surface area contributed by atoms with Gasteiger partial charge in [-0.15, -0.1) is 6.42 Å². The first-order valence-corrected chi connectivity index (χ1v) is 13.6. The smallest absolute Gasteiger partial charge is 0.408 e. The summed E-state index contributed by atoms with van der Waals surface area (Å²) < 4.78 is 10.8. The molecule has 0 fully saturated rings. The summed E-state index contributed by atoms with van der Waals surface area (Å²) in [7, 11) is 0. The molecule has 0 saturated heterocycles. The van der Waals surface area contributed by atoms with Crippen LogP contribution in [0, 0.1) is 24.8 Å². The zero-order valence-electron chi connectivity index (χ0n) is 25.3. The Balaban J connectivity index is 2.55. The third-order valence-electron chi connectivity index (χ3n) is 5.76. The van der Waals surface area contributed by atoms with Crippen molar-refractivity contribution in [3.05, 3.63) is 71.3 Å². The summed E-state index contributed by atoms with van der Waals surface area (Å²) in [5, 5.41) is 15.0. The Kier molecular flexibility index (Phi) is 11.9. The highest BCUT2D eigenvalue weighted by atomic mass is 16.6. The molecule has 2 rings (SSSR count). The van der Waals surface area contributed by atoms with Gasteiger partial charge in [-0.2, -0.15) is 0 Å². The van der Waals surface area contributed by atoms with Gasteiger partial charge in [0.25, 0.3) is 5.91 Å². The Morgan fingerprint density at radius 3 is 1.98 bits per heavy atom. The third-order valence-corrected chi connectivity index (χ3v) is 5.76. The number of terminal acetylenes is 2. The van der Waals surface area contributed by atoms with Gasteiger partial charge in [-0.05, 0) is 53.2 Å². The summed E-state index contributed by atoms with van der Waals surface area (Å²) in [4.78, 5) is 54.1. The van der Waals surface area contributed by atoms with Crippen molar-refractivity contribution in [3.8, 4) is 24.8 Å². The fourth-order valence-electron chi connectivity index (χ4n) is 4.00. The van der Waals surface area contributed by atoms with Crippen LogP contribution >= 0.6 is 0 Å². The number of rotatable bonds is 10. The molecule has 0 aliphatic carbocycles. The minimum Gasteiger partial charge on any atom is -0.458 e. The molecule has 10 nitrogen and oxygen atoms in total. The average Bonchev–Trinajstić information content (AvgIpc) is 2.92. The fourth-order valence-corrected chi connectivity index (χ4v) is 4.00. The van der Waals surface area contributed by atoms with Crippen LogP contribution < -0.4 is 10.6 Å². The summed E-state index contributed by atoms with van der Waals surface area (Å²) in [5.74, 6) is -0.0467. The lowest BCUT2D eigenvalue weighted by molar-refractivity contribution is -0.159. The van der Waals surface area contributed by atoms with Crippen LogP contribution in [0.5, 0.6) is 0 Å². The molecule has 2 aromatic rings. The molecule has 0 spiro atoms. The van der Waals surface area contributed by atoms with Crippen LogP contribution in [0.1, 0.15) is 64.3 Å². The number of carbonyl (C=O) groups is 4. The SMILES string of the molecule is C#Cc1ccccc1C(C(=O)NC(Cc1ccccc1)C(=O)OC(C)(C)C)N(C#C)C(=O)C(CO)NC(=O)OC(C)(C)C. The van der Waals surface area contributed by atoms with E-state index in [1.54, 1.807) is 84.0 Å². The fraction of sp³-hybridized carbons (Fsp3) is 0.394. The normalized spacial score (nSPS) is 13.2. The predicted octanol–water partition coefficient (Wildman–Crippen LogP) is 3.08. The van der Waals surface area contributed by atoms with E-state index in [0.717, 1.165) is 10.5 Å². The Hall–Kier alpha value is -4.80. The zero-order valence-corrected chi connectivity index (χ0v) is 25.3. The number of nitrogens with zero attached hydrogens (tertiary/aromatic N) is 1. The minimum atomic E-state index is -1.56. The van der Waals surface area contributed by atoms with Crippen molar-refractivity contribution in [1.29, 1.82) is 0 Å². The van der Waals surface area contributed by atoms with Crippen molar-refractivity contribution in [2.24, 2.45) is 0 Å². The maximum absolute atomic E-state index is 14.1. The number of amides is 3. The Labute approximate surface area is 253 Å². The van der Waals surface area contributed by atoms with Crippen molar-refractivity contribution in [2.45, 2.75) is 77.3 Å². The molecule has 0 aromatic heterocycles. The van der Waals surface area contributed by atoms with Gasteiger partial charge < -0.3 is 25.2 Å². The number of carbonyl (C=O) groups excluding carboxylic acids is 4. The molecule has 0 bridgehead atoms. The van der Waals surface area contributed by atoms with Gasteiger partial charge in [0.05, 0.1) is 6.61 Å². The summed E-state index contributed by atoms with van der Waals surface area (Å²) in [6.07, 6.45) is 10.6. The molecule has 0 saturated carbocycles. The summed E-state index contributed by atoms with van der Waals surface area (Å²) in [6, 6.07) is 13.2. The first kappa shape index (κ1) is 34.4. The number of benzene rings is 2. The van der Waals surface area contributed by atoms with E-state index in [2.05, 4.69) is 22.6 Å². The van der Waals surface area contributed by atoms with Gasteiger partial charge in [-0.1, -0.05) is 60.9 Å². The van der Waals surface area contributed by atoms with Gasteiger partial charge in [0.1, 0.15) is 29.3 Å². The number of nitrogens with one attached hydrogen (secondary N) is 2. The second-order valence-electron chi connectivity index (χ2n) is 11.6. The lowest BCUT2D eigenvalue weighted by Crippen LogP contribution is -2.54. The number of hydrogen-bond acceptors (Lipinski definition) is 7. The van der Waals surface area contributed by atoms with Crippen molar-refractivity contribution in [1.82, 2.24) is 15.5 Å². The van der Waals surface area contributed by atoms with Gasteiger partial charge in [-0.25, -0.2) is 9.59 Å². The molecule has 0 aliphatic heterocycles. The molecule has 43 heavy (non-hydrogen) atoms. The van der Waals surface area contributed by atoms with E-state index < -0.39 is 59.8 Å². The lowest BCUT2D eigenvalue weighted by atomic mass is 9.97. The molecule has 0 radical (unpaired) electrons. The second kappa shape index (κ2) is 14.9. The Bertz CT molecular complexity index is 1380. The van der Waals surface area contributed by atoms with Crippen LogP contribution in [-0.4, -0.2) is 63.8 Å². The molecule has 228 valence electrons. The van der Waals surface area contributed by atoms with Crippen molar-refractivity contribution in [2.75, 3.05) is 6.61 Å². The van der Waals surface area contributed by atoms with Crippen molar-refractivity contribution in [3.63, 3.8) is 0 Å². The van der Waals surface area contributed by atoms with Crippen LogP contribution in [0.3, 0.4) is 0 Å². The lowest BCUT2D eigenvalue weighted by Gasteiger charge is -2.31. The Morgan fingerprint density at radius 2 is 1.44 bits per heavy atom. The number of ether oxygens (including phenoxy) is 2. The topological polar surface area (TPSA) is 134 Å². The standard InChI is InChI=1S/C33H39N3O7/c1-9-23-18-14-15-19-24(23)27(36(10-2)29(39)26(21-37)35-31(41)43-33(6,7)8)28(38)34-25(30(40)42-32(3,4)5)20-22-16-12-11-13-17-22/h1-2,11-19,25-27,37H,20-21H2,3-8H3,(H,34,38)(H,35,41). The van der Waals surface area contributed by atoms with E-state index in [0.29, 0.717) is 0 Å². The highest BCUT2D eigenvalue weighted by molar-refractivity contribution is 5.95. The number of esters is 1. The third kappa shape index (κ3) is 10.5. The highest BCUT2D eigenvalue weighted by Crippen LogP contribution is 2.26. The van der Waals surface area contributed by atoms with E-state index >= 15 is 0 Å². The monoisotopic (exact) mass is 589 g/mol. The van der Waals surface area contributed by atoms with Crippen LogP contribution in [0.25, 0.3) is 0 Å². The maximum Gasteiger partial charge on any atom is 0.408 e. The van der Waals surface area contributed by atoms with E-state index in [-0.39, 0.29) is 17.5 Å². The van der Waals surface area contributed by atoms with Gasteiger partial charge in [0.15, 0.2) is 0 Å². The van der Waals surface area contributed by atoms with E-state index in [1.165, 1.54) is 6.07 Å². The zero-order chi connectivity index (χ0) is 32.4. The van der Waals surface area contributed by atoms with Gasteiger partial charge in [0, 0.05) is 23.6 Å². The van der Waals surface area contributed by atoms with E-state index in [4.69, 9.17) is 22.3 Å². The number of alkyl carbamates (subject to hydrolysis) is 1. The summed E-state index contributed by atoms with van der Waals surface area (Å²) >= 11 is 0. The molecule has 10 heteroatoms. The van der Waals surface area contributed by atoms with Crippen molar-refractivity contribution < 1.29 is 33.8 Å². The number of aliphatic hydroxyl groups excluding tert-OH is 1. The van der Waals surface area contributed by atoms with Crippen molar-refractivity contribution >= 4 is 23.9 Å². The first-order chi connectivity index (χ1) is 20.1. The Morgan fingerprint density at radius 1 is 0.860 bits per heavy atom. The van der Waals surface area contributed by atoms with E-state index in [1.807, 2.05) is 6.07 Å². The van der Waals surface area contributed by atoms with Gasteiger partial charge in [0.2, 0.25) is 5.91 Å². The molecular weight excluding hydrogens is 550 g/mol. The molecule has 3 atom stereocenters. The van der Waals surface area contributed by atoms with Gasteiger partial charge >= 0.3 is 12.1 Å². The summed E-state index contributed by atoms with van der Waals surface area (Å²) in [6.45, 7) is 9.13. The predicted molar refractivity (Wildman–Crippen MR) is 161 cm³/mol. The van der Waals surface area contributed by atoms with Crippen LogP contribution in [0.2, 0.25) is 0 Å². The quantitative estimate of drug-likeness (QED) is 0.220. The molecule has 2 aromatic carbocycles. The minimum absolute atomic E-state index is 0.0778. The van der Waals surface area contributed by atoms with Gasteiger partial charge in [-0.3, -0.25) is 14.5 Å². The number of aliphatic hydroxyl groups is 1. The molecule has 3 N–H and O–H groups in total. The average molecular weight is 590 g/mol. The van der Waals surface area contributed by atoms with Crippen LogP contribution in [0.15, 0.2) is 54.6 Å². The first-order valence-electron chi connectivity index (χ1n) is 13.6. The largest absolute Gasteiger partial charge is 0.458 e. The van der Waals surface area contributed by atoms with E-state index in [9.17, 15) is 24.3 Å². The van der Waals surface area contributed by atoms with Crippen LogP contribution in [0.4, 0.5) is 4.79 Å². The molecule has 0 heterocycles. The van der Waals surface area contributed by atoms with Crippen LogP contribution in [-0.2, 0) is 30.3 Å².